The lowest BCUT2D eigenvalue weighted by Crippen LogP contribution is -2.16. The van der Waals surface area contributed by atoms with Gasteiger partial charge in [-0.1, -0.05) is 0 Å². The van der Waals surface area contributed by atoms with Gasteiger partial charge in [0.2, 0.25) is 0 Å². The van der Waals surface area contributed by atoms with Gasteiger partial charge in [-0.05, 0) is 26.2 Å². The van der Waals surface area contributed by atoms with E-state index >= 15 is 0 Å². The maximum absolute atomic E-state index is 5.45. The molecule has 0 amide bonds. The van der Waals surface area contributed by atoms with Crippen molar-refractivity contribution in [3.8, 4) is 0 Å². The number of aromatic nitrogens is 2. The first kappa shape index (κ1) is 14.5. The van der Waals surface area contributed by atoms with Crippen LogP contribution in [0.5, 0.6) is 0 Å². The molecule has 1 N–H and O–H groups in total. The van der Waals surface area contributed by atoms with Crippen LogP contribution in [0.4, 0.5) is 0 Å². The maximum Gasteiger partial charge on any atom is 0.0700 e. The first-order valence-electron chi connectivity index (χ1n) is 7.12. The number of hydrogen-bond donors (Lipinski definition) is 1. The van der Waals surface area contributed by atoms with Gasteiger partial charge in [0.15, 0.2) is 0 Å². The molecular formula is C14H25N3O2. The van der Waals surface area contributed by atoms with Crippen LogP contribution in [0.2, 0.25) is 0 Å². The molecule has 1 aromatic heterocycles. The van der Waals surface area contributed by atoms with Crippen molar-refractivity contribution in [2.75, 3.05) is 26.9 Å². The van der Waals surface area contributed by atoms with E-state index in [9.17, 15) is 0 Å². The third-order valence-electron chi connectivity index (χ3n) is 3.45. The average molecular weight is 267 g/mol. The molecule has 0 atom stereocenters. The van der Waals surface area contributed by atoms with Crippen LogP contribution in [0.15, 0.2) is 6.20 Å². The van der Waals surface area contributed by atoms with Crippen molar-refractivity contribution in [3.05, 3.63) is 17.5 Å². The van der Waals surface area contributed by atoms with Gasteiger partial charge < -0.3 is 14.8 Å². The molecule has 1 heterocycles. The fourth-order valence-corrected chi connectivity index (χ4v) is 1.99. The van der Waals surface area contributed by atoms with Gasteiger partial charge in [0.25, 0.3) is 0 Å². The van der Waals surface area contributed by atoms with Crippen molar-refractivity contribution < 1.29 is 9.47 Å². The number of nitrogens with zero attached hydrogens (tertiary/aromatic N) is 2. The van der Waals surface area contributed by atoms with Gasteiger partial charge in [-0.3, -0.25) is 4.68 Å². The molecule has 5 nitrogen and oxygen atoms in total. The molecule has 5 heteroatoms. The van der Waals surface area contributed by atoms with Gasteiger partial charge in [0.05, 0.1) is 19.4 Å². The summed E-state index contributed by atoms with van der Waals surface area (Å²) >= 11 is 0. The first-order chi connectivity index (χ1) is 9.31. The topological polar surface area (TPSA) is 48.3 Å². The highest BCUT2D eigenvalue weighted by molar-refractivity contribution is 5.16. The van der Waals surface area contributed by atoms with E-state index in [1.165, 1.54) is 24.1 Å². The summed E-state index contributed by atoms with van der Waals surface area (Å²) in [6, 6.07) is 0.747. The van der Waals surface area contributed by atoms with Crippen LogP contribution >= 0.6 is 0 Å². The van der Waals surface area contributed by atoms with Crippen LogP contribution in [0, 0.1) is 6.92 Å². The lowest BCUT2D eigenvalue weighted by atomic mass is 10.2. The molecule has 0 aromatic carbocycles. The third kappa shape index (κ3) is 4.93. The second-order valence-electron chi connectivity index (χ2n) is 5.09. The Hall–Kier alpha value is -0.910. The van der Waals surface area contributed by atoms with Crippen LogP contribution in [0.25, 0.3) is 0 Å². The van der Waals surface area contributed by atoms with Crippen molar-refractivity contribution in [2.24, 2.45) is 0 Å². The number of ether oxygens (including phenoxy) is 2. The van der Waals surface area contributed by atoms with Crippen LogP contribution in [-0.4, -0.2) is 42.8 Å². The number of methoxy groups -OCH3 is 1. The highest BCUT2D eigenvalue weighted by Crippen LogP contribution is 2.19. The summed E-state index contributed by atoms with van der Waals surface area (Å²) in [5.41, 5.74) is 2.58. The minimum Gasteiger partial charge on any atom is -0.382 e. The van der Waals surface area contributed by atoms with Gasteiger partial charge in [0.1, 0.15) is 0 Å². The molecule has 1 saturated carbocycles. The van der Waals surface area contributed by atoms with Crippen LogP contribution in [0.3, 0.4) is 0 Å². The minimum atomic E-state index is 0.664. The van der Waals surface area contributed by atoms with Crippen molar-refractivity contribution in [1.29, 1.82) is 0 Å². The van der Waals surface area contributed by atoms with E-state index in [-0.39, 0.29) is 0 Å². The van der Waals surface area contributed by atoms with Crippen LogP contribution < -0.4 is 5.32 Å². The second-order valence-corrected chi connectivity index (χ2v) is 5.09. The van der Waals surface area contributed by atoms with Gasteiger partial charge in [-0.15, -0.1) is 0 Å². The van der Waals surface area contributed by atoms with Crippen molar-refractivity contribution in [2.45, 2.75) is 45.3 Å². The minimum absolute atomic E-state index is 0.664. The Morgan fingerprint density at radius 3 is 2.95 bits per heavy atom. The van der Waals surface area contributed by atoms with Crippen LogP contribution in [-0.2, 0) is 22.6 Å². The van der Waals surface area contributed by atoms with Gasteiger partial charge >= 0.3 is 0 Å². The highest BCUT2D eigenvalue weighted by atomic mass is 16.5. The fraction of sp³-hybridized carbons (Fsp3) is 0.786. The zero-order valence-electron chi connectivity index (χ0n) is 12.0. The normalized spacial score (nSPS) is 15.1. The SMILES string of the molecule is COCCOCCCn1ncc(CNC2CC2)c1C. The predicted octanol–water partition coefficient (Wildman–Crippen LogP) is 1.50. The molecule has 1 aliphatic rings. The molecular weight excluding hydrogens is 242 g/mol. The smallest absolute Gasteiger partial charge is 0.0700 e. The number of aryl methyl sites for hydroxylation is 1. The molecule has 19 heavy (non-hydrogen) atoms. The Kier molecular flexibility index (Phi) is 5.82. The van der Waals surface area contributed by atoms with E-state index < -0.39 is 0 Å². The van der Waals surface area contributed by atoms with Crippen molar-refractivity contribution in [3.63, 3.8) is 0 Å². The number of hydrogen-bond acceptors (Lipinski definition) is 4. The summed E-state index contributed by atoms with van der Waals surface area (Å²) in [5, 5.41) is 7.97. The lowest BCUT2D eigenvalue weighted by molar-refractivity contribution is 0.0676. The summed E-state index contributed by atoms with van der Waals surface area (Å²) in [5.74, 6) is 0. The average Bonchev–Trinajstić information content (AvgIpc) is 3.18. The lowest BCUT2D eigenvalue weighted by Gasteiger charge is -2.07. The highest BCUT2D eigenvalue weighted by Gasteiger charge is 2.20. The second kappa shape index (κ2) is 7.62. The fourth-order valence-electron chi connectivity index (χ4n) is 1.99. The summed E-state index contributed by atoms with van der Waals surface area (Å²) < 4.78 is 12.5. The molecule has 0 aliphatic heterocycles. The molecule has 0 bridgehead atoms. The Morgan fingerprint density at radius 2 is 2.21 bits per heavy atom. The third-order valence-corrected chi connectivity index (χ3v) is 3.45. The van der Waals surface area contributed by atoms with E-state index in [0.29, 0.717) is 13.2 Å². The molecule has 0 unspecified atom stereocenters. The van der Waals surface area contributed by atoms with E-state index in [1.807, 2.05) is 6.20 Å². The molecule has 0 radical (unpaired) electrons. The Balaban J connectivity index is 1.65. The van der Waals surface area contributed by atoms with E-state index in [0.717, 1.165) is 32.2 Å². The van der Waals surface area contributed by atoms with Crippen molar-refractivity contribution >= 4 is 0 Å². The Labute approximate surface area is 115 Å². The molecule has 108 valence electrons. The monoisotopic (exact) mass is 267 g/mol. The van der Waals surface area contributed by atoms with E-state index in [1.54, 1.807) is 7.11 Å². The van der Waals surface area contributed by atoms with E-state index in [2.05, 4.69) is 22.0 Å². The first-order valence-corrected chi connectivity index (χ1v) is 7.12. The summed E-state index contributed by atoms with van der Waals surface area (Å²) in [4.78, 5) is 0. The molecule has 1 fully saturated rings. The summed E-state index contributed by atoms with van der Waals surface area (Å²) in [6.07, 6.45) is 5.62. The molecule has 1 aromatic rings. The van der Waals surface area contributed by atoms with Crippen molar-refractivity contribution in [1.82, 2.24) is 15.1 Å². The van der Waals surface area contributed by atoms with Crippen LogP contribution in [0.1, 0.15) is 30.5 Å². The molecule has 0 saturated heterocycles. The quantitative estimate of drug-likeness (QED) is 0.653. The maximum atomic E-state index is 5.45. The number of rotatable bonds is 10. The Bertz CT molecular complexity index is 375. The Morgan fingerprint density at radius 1 is 1.37 bits per heavy atom. The number of nitrogens with one attached hydrogen (secondary N) is 1. The molecule has 1 aliphatic carbocycles. The van der Waals surface area contributed by atoms with Gasteiger partial charge in [-0.2, -0.15) is 5.10 Å². The van der Waals surface area contributed by atoms with Gasteiger partial charge in [0, 0.05) is 44.1 Å². The standard InChI is InChI=1S/C14H25N3O2/c1-12-13(10-15-14-4-5-14)11-16-17(12)6-3-7-19-9-8-18-2/h11,14-15H,3-10H2,1-2H3. The summed E-state index contributed by atoms with van der Waals surface area (Å²) in [6.45, 7) is 6.10. The molecule has 2 rings (SSSR count). The largest absolute Gasteiger partial charge is 0.382 e. The zero-order valence-corrected chi connectivity index (χ0v) is 12.0. The predicted molar refractivity (Wildman–Crippen MR) is 74.1 cm³/mol. The van der Waals surface area contributed by atoms with E-state index in [4.69, 9.17) is 9.47 Å². The molecule has 0 spiro atoms. The zero-order chi connectivity index (χ0) is 13.5. The van der Waals surface area contributed by atoms with Gasteiger partial charge in [-0.25, -0.2) is 0 Å². The summed E-state index contributed by atoms with van der Waals surface area (Å²) in [7, 11) is 1.69.